The third-order valence-corrected chi connectivity index (χ3v) is 9.00. The van der Waals surface area contributed by atoms with Crippen LogP contribution < -0.4 is 14.4 Å². The van der Waals surface area contributed by atoms with E-state index in [0.29, 0.717) is 28.4 Å². The molecule has 0 heterocycles. The van der Waals surface area contributed by atoms with Gasteiger partial charge in [-0.1, -0.05) is 78.7 Å². The number of nitrogens with one attached hydrogen (secondary N) is 1. The highest BCUT2D eigenvalue weighted by Crippen LogP contribution is 2.30. The van der Waals surface area contributed by atoms with Crippen LogP contribution in [0.5, 0.6) is 5.75 Å². The molecule has 0 saturated heterocycles. The van der Waals surface area contributed by atoms with Crippen molar-refractivity contribution < 1.29 is 22.7 Å². The van der Waals surface area contributed by atoms with Gasteiger partial charge in [0.05, 0.1) is 24.1 Å². The molecule has 11 heteroatoms. The van der Waals surface area contributed by atoms with Crippen molar-refractivity contribution in [3.63, 3.8) is 0 Å². The molecule has 0 bridgehead atoms. The lowest BCUT2D eigenvalue weighted by molar-refractivity contribution is -0.141. The Morgan fingerprint density at radius 3 is 2.26 bits per heavy atom. The van der Waals surface area contributed by atoms with Gasteiger partial charge in [0.15, 0.2) is 0 Å². The summed E-state index contributed by atoms with van der Waals surface area (Å²) in [5.41, 5.74) is 1.98. The molecule has 1 N–H and O–H groups in total. The molecular formula is C32H39Cl2N3O5S. The van der Waals surface area contributed by atoms with Crippen molar-refractivity contribution in [1.82, 2.24) is 10.2 Å². The Hall–Kier alpha value is -3.27. The van der Waals surface area contributed by atoms with Gasteiger partial charge in [-0.2, -0.15) is 0 Å². The summed E-state index contributed by atoms with van der Waals surface area (Å²) in [5.74, 6) is -0.130. The number of anilines is 1. The van der Waals surface area contributed by atoms with Gasteiger partial charge in [0.1, 0.15) is 11.8 Å². The maximum absolute atomic E-state index is 14.0. The Bertz CT molecular complexity index is 1490. The van der Waals surface area contributed by atoms with E-state index in [1.807, 2.05) is 56.3 Å². The van der Waals surface area contributed by atoms with Gasteiger partial charge in [-0.3, -0.25) is 13.9 Å². The number of carbonyl (C=O) groups excluding carboxylic acids is 2. The summed E-state index contributed by atoms with van der Waals surface area (Å²) < 4.78 is 31.8. The van der Waals surface area contributed by atoms with Crippen molar-refractivity contribution in [3.05, 3.63) is 94.0 Å². The van der Waals surface area contributed by atoms with Crippen molar-refractivity contribution in [3.8, 4) is 5.75 Å². The van der Waals surface area contributed by atoms with Crippen molar-refractivity contribution in [2.24, 2.45) is 0 Å². The van der Waals surface area contributed by atoms with Gasteiger partial charge in [0.25, 0.3) is 0 Å². The molecule has 2 atom stereocenters. The second kappa shape index (κ2) is 16.0. The van der Waals surface area contributed by atoms with E-state index in [0.717, 1.165) is 18.2 Å². The van der Waals surface area contributed by atoms with Crippen LogP contribution in [0, 0.1) is 0 Å². The van der Waals surface area contributed by atoms with Crippen molar-refractivity contribution in [2.75, 3.05) is 24.2 Å². The first-order chi connectivity index (χ1) is 20.4. The lowest BCUT2D eigenvalue weighted by Gasteiger charge is -2.33. The topological polar surface area (TPSA) is 96.0 Å². The van der Waals surface area contributed by atoms with Crippen LogP contribution in [0.2, 0.25) is 10.0 Å². The number of carbonyl (C=O) groups is 2. The lowest BCUT2D eigenvalue weighted by Crippen LogP contribution is -2.52. The number of hydrogen-bond donors (Lipinski definition) is 1. The Labute approximate surface area is 265 Å². The summed E-state index contributed by atoms with van der Waals surface area (Å²) in [7, 11) is -2.21. The van der Waals surface area contributed by atoms with Gasteiger partial charge in [-0.05, 0) is 55.2 Å². The third-order valence-electron chi connectivity index (χ3n) is 7.15. The molecule has 0 radical (unpaired) electrons. The zero-order valence-electron chi connectivity index (χ0n) is 24.9. The zero-order chi connectivity index (χ0) is 31.6. The van der Waals surface area contributed by atoms with E-state index >= 15 is 0 Å². The molecule has 3 aromatic rings. The highest BCUT2D eigenvalue weighted by molar-refractivity contribution is 7.92. The molecule has 3 rings (SSSR count). The predicted octanol–water partition coefficient (Wildman–Crippen LogP) is 6.10. The second-order valence-corrected chi connectivity index (χ2v) is 13.1. The molecule has 232 valence electrons. The summed E-state index contributed by atoms with van der Waals surface area (Å²) in [6, 6.07) is 20.6. The van der Waals surface area contributed by atoms with Crippen LogP contribution in [0.15, 0.2) is 72.8 Å². The Kier molecular flexibility index (Phi) is 12.7. The quantitative estimate of drug-likeness (QED) is 0.215. The van der Waals surface area contributed by atoms with E-state index in [2.05, 4.69) is 5.32 Å². The standard InChI is InChI=1S/C32H39Cl2N3O5S/c1-5-23(2)35-32(39)29(20-24-12-7-6-8-13-24)36(22-25-14-9-10-15-27(25)33)31(38)16-11-19-37(43(4,40)41)26-17-18-30(42-3)28(34)21-26/h6-10,12-15,17-18,21,23,29H,5,11,16,19-20,22H2,1-4H3,(H,35,39)/t23-,29+/m0/s1. The molecule has 0 saturated carbocycles. The van der Waals surface area contributed by atoms with Crippen molar-refractivity contribution in [2.45, 2.75) is 58.2 Å². The molecular weight excluding hydrogens is 609 g/mol. The number of benzene rings is 3. The summed E-state index contributed by atoms with van der Waals surface area (Å²) in [4.78, 5) is 29.2. The van der Waals surface area contributed by atoms with Gasteiger partial charge in [-0.25, -0.2) is 8.42 Å². The van der Waals surface area contributed by atoms with Crippen LogP contribution in [0.4, 0.5) is 5.69 Å². The minimum atomic E-state index is -3.69. The van der Waals surface area contributed by atoms with Gasteiger partial charge >= 0.3 is 0 Å². The number of amides is 2. The molecule has 2 amide bonds. The second-order valence-electron chi connectivity index (χ2n) is 10.4. The van der Waals surface area contributed by atoms with Gasteiger partial charge < -0.3 is 15.0 Å². The number of ether oxygens (including phenoxy) is 1. The van der Waals surface area contributed by atoms with Gasteiger partial charge in [0.2, 0.25) is 21.8 Å². The van der Waals surface area contributed by atoms with Crippen LogP contribution in [0.1, 0.15) is 44.2 Å². The van der Waals surface area contributed by atoms with E-state index in [1.165, 1.54) is 17.5 Å². The highest BCUT2D eigenvalue weighted by atomic mass is 35.5. The minimum absolute atomic E-state index is 0.00224. The fraction of sp³-hybridized carbons (Fsp3) is 0.375. The monoisotopic (exact) mass is 647 g/mol. The number of methoxy groups -OCH3 is 1. The average Bonchev–Trinajstić information content (AvgIpc) is 2.97. The van der Waals surface area contributed by atoms with E-state index in [9.17, 15) is 18.0 Å². The fourth-order valence-electron chi connectivity index (χ4n) is 4.62. The van der Waals surface area contributed by atoms with E-state index < -0.39 is 16.1 Å². The largest absolute Gasteiger partial charge is 0.495 e. The molecule has 0 aromatic heterocycles. The number of nitrogens with zero attached hydrogens (tertiary/aromatic N) is 2. The number of sulfonamides is 1. The smallest absolute Gasteiger partial charge is 0.243 e. The van der Waals surface area contributed by atoms with E-state index in [-0.39, 0.29) is 48.8 Å². The predicted molar refractivity (Wildman–Crippen MR) is 173 cm³/mol. The van der Waals surface area contributed by atoms with Gasteiger partial charge in [0, 0.05) is 37.0 Å². The van der Waals surface area contributed by atoms with Crippen LogP contribution in [-0.4, -0.2) is 57.1 Å². The molecule has 3 aromatic carbocycles. The van der Waals surface area contributed by atoms with Crippen LogP contribution in [0.3, 0.4) is 0 Å². The summed E-state index contributed by atoms with van der Waals surface area (Å²) in [6.07, 6.45) is 2.35. The van der Waals surface area contributed by atoms with Crippen LogP contribution in [0.25, 0.3) is 0 Å². The molecule has 43 heavy (non-hydrogen) atoms. The summed E-state index contributed by atoms with van der Waals surface area (Å²) >= 11 is 12.8. The molecule has 0 spiro atoms. The first-order valence-electron chi connectivity index (χ1n) is 14.1. The normalized spacial score (nSPS) is 12.7. The first-order valence-corrected chi connectivity index (χ1v) is 16.7. The van der Waals surface area contributed by atoms with Crippen molar-refractivity contribution >= 4 is 50.7 Å². The van der Waals surface area contributed by atoms with Crippen LogP contribution in [-0.2, 0) is 32.6 Å². The minimum Gasteiger partial charge on any atom is -0.495 e. The zero-order valence-corrected chi connectivity index (χ0v) is 27.3. The number of halogens is 2. The molecule has 8 nitrogen and oxygen atoms in total. The maximum atomic E-state index is 14.0. The average molecular weight is 649 g/mol. The maximum Gasteiger partial charge on any atom is 0.243 e. The van der Waals surface area contributed by atoms with E-state index in [1.54, 1.807) is 29.2 Å². The fourth-order valence-corrected chi connectivity index (χ4v) is 6.02. The molecule has 0 unspecified atom stereocenters. The Morgan fingerprint density at radius 2 is 1.65 bits per heavy atom. The number of rotatable bonds is 15. The summed E-state index contributed by atoms with van der Waals surface area (Å²) in [5, 5.41) is 3.80. The third kappa shape index (κ3) is 9.88. The highest BCUT2D eigenvalue weighted by Gasteiger charge is 2.31. The number of hydrogen-bond acceptors (Lipinski definition) is 5. The molecule has 0 fully saturated rings. The Balaban J connectivity index is 1.90. The molecule has 0 aliphatic heterocycles. The lowest BCUT2D eigenvalue weighted by atomic mass is 10.0. The summed E-state index contributed by atoms with van der Waals surface area (Å²) in [6.45, 7) is 4.06. The SMILES string of the molecule is CC[C@H](C)NC(=O)[C@@H](Cc1ccccc1)N(Cc1ccccc1Cl)C(=O)CCCN(c1ccc(OC)c(Cl)c1)S(C)(=O)=O. The molecule has 0 aliphatic carbocycles. The van der Waals surface area contributed by atoms with Crippen molar-refractivity contribution in [1.29, 1.82) is 0 Å². The van der Waals surface area contributed by atoms with E-state index in [4.69, 9.17) is 27.9 Å². The van der Waals surface area contributed by atoms with Gasteiger partial charge in [-0.15, -0.1) is 0 Å². The van der Waals surface area contributed by atoms with Crippen LogP contribution >= 0.6 is 23.2 Å². The first kappa shape index (κ1) is 34.2. The Morgan fingerprint density at radius 1 is 0.977 bits per heavy atom. The molecule has 0 aliphatic rings.